The Hall–Kier alpha value is -1.91. The van der Waals surface area contributed by atoms with Crippen LogP contribution in [0.15, 0.2) is 34.0 Å². The van der Waals surface area contributed by atoms with Crippen molar-refractivity contribution in [3.05, 3.63) is 46.5 Å². The third kappa shape index (κ3) is 6.03. The Kier molecular flexibility index (Phi) is 6.65. The molecule has 29 heavy (non-hydrogen) atoms. The molecule has 2 heterocycles. The van der Waals surface area contributed by atoms with Gasteiger partial charge in [-0.2, -0.15) is 0 Å². The molecular weight excluding hydrogens is 432 g/mol. The Morgan fingerprint density at radius 2 is 2.10 bits per heavy atom. The molecule has 1 fully saturated rings. The first-order chi connectivity index (χ1) is 13.7. The number of esters is 1. The SMILES string of the molecule is Cc1csc(SCc2ccccc2C(=O)OCC(=O)NC2(C)CCS(=O)(=O)C2)n1. The average molecular weight is 455 g/mol. The van der Waals surface area contributed by atoms with Gasteiger partial charge in [0.1, 0.15) is 4.34 Å². The van der Waals surface area contributed by atoms with Gasteiger partial charge in [-0.25, -0.2) is 18.2 Å². The van der Waals surface area contributed by atoms with Gasteiger partial charge in [0.25, 0.3) is 5.91 Å². The summed E-state index contributed by atoms with van der Waals surface area (Å²) in [6, 6.07) is 7.08. The number of thiazole rings is 1. The van der Waals surface area contributed by atoms with Crippen molar-refractivity contribution in [2.75, 3.05) is 18.1 Å². The number of sulfone groups is 1. The summed E-state index contributed by atoms with van der Waals surface area (Å²) < 4.78 is 29.4. The number of benzene rings is 1. The molecule has 1 aliphatic rings. The minimum atomic E-state index is -3.14. The molecule has 0 spiro atoms. The van der Waals surface area contributed by atoms with Gasteiger partial charge in [-0.05, 0) is 31.9 Å². The summed E-state index contributed by atoms with van der Waals surface area (Å²) in [6.07, 6.45) is 0.352. The van der Waals surface area contributed by atoms with Gasteiger partial charge in [-0.3, -0.25) is 4.79 Å². The van der Waals surface area contributed by atoms with Crippen molar-refractivity contribution >= 4 is 44.8 Å². The zero-order valence-corrected chi connectivity index (χ0v) is 18.6. The number of rotatable bonds is 7. The van der Waals surface area contributed by atoms with Crippen molar-refractivity contribution in [3.63, 3.8) is 0 Å². The third-order valence-corrected chi connectivity index (χ3v) is 8.56. The van der Waals surface area contributed by atoms with Crippen LogP contribution in [0.1, 0.15) is 35.0 Å². The van der Waals surface area contributed by atoms with Crippen LogP contribution in [0.4, 0.5) is 0 Å². The number of thioether (sulfide) groups is 1. The highest BCUT2D eigenvalue weighted by Gasteiger charge is 2.39. The second-order valence-corrected chi connectivity index (χ2v) is 11.5. The van der Waals surface area contributed by atoms with Crippen LogP contribution in [-0.2, 0) is 25.1 Å². The first kappa shape index (κ1) is 21.8. The summed E-state index contributed by atoms with van der Waals surface area (Å²) in [5.41, 5.74) is 1.34. The number of carbonyl (C=O) groups is 2. The Morgan fingerprint density at radius 1 is 1.34 bits per heavy atom. The van der Waals surface area contributed by atoms with E-state index >= 15 is 0 Å². The molecule has 1 N–H and O–H groups in total. The zero-order chi connectivity index (χ0) is 21.1. The van der Waals surface area contributed by atoms with Gasteiger partial charge in [0, 0.05) is 16.8 Å². The highest BCUT2D eigenvalue weighted by atomic mass is 32.2. The summed E-state index contributed by atoms with van der Waals surface area (Å²) >= 11 is 3.09. The molecule has 1 atom stereocenters. The first-order valence-corrected chi connectivity index (χ1v) is 12.7. The van der Waals surface area contributed by atoms with Gasteiger partial charge in [0.2, 0.25) is 0 Å². The lowest BCUT2D eigenvalue weighted by Gasteiger charge is -2.23. The van der Waals surface area contributed by atoms with Gasteiger partial charge in [0.05, 0.1) is 22.6 Å². The maximum atomic E-state index is 12.5. The van der Waals surface area contributed by atoms with Crippen LogP contribution in [0.25, 0.3) is 0 Å². The molecule has 0 radical (unpaired) electrons. The van der Waals surface area contributed by atoms with E-state index in [1.807, 2.05) is 24.4 Å². The summed E-state index contributed by atoms with van der Waals surface area (Å²) in [7, 11) is -3.14. The number of nitrogens with one attached hydrogen (secondary N) is 1. The summed E-state index contributed by atoms with van der Waals surface area (Å²) in [6.45, 7) is 3.16. The molecule has 7 nitrogen and oxygen atoms in total. The van der Waals surface area contributed by atoms with E-state index in [0.29, 0.717) is 17.7 Å². The van der Waals surface area contributed by atoms with E-state index < -0.39 is 33.9 Å². The quantitative estimate of drug-likeness (QED) is 0.507. The van der Waals surface area contributed by atoms with E-state index in [2.05, 4.69) is 10.3 Å². The van der Waals surface area contributed by atoms with Crippen molar-refractivity contribution in [3.8, 4) is 0 Å². The van der Waals surface area contributed by atoms with Crippen molar-refractivity contribution in [1.29, 1.82) is 0 Å². The standard InChI is InChI=1S/C19H22N2O5S3/c1-13-10-27-18(20-13)28-11-14-5-3-4-6-15(14)17(23)26-9-16(22)21-19(2)7-8-29(24,25)12-19/h3-6,10H,7-9,11-12H2,1-2H3,(H,21,22). The van der Waals surface area contributed by atoms with Crippen LogP contribution in [0.3, 0.4) is 0 Å². The molecule has 1 aromatic heterocycles. The second kappa shape index (κ2) is 8.85. The number of carbonyl (C=O) groups excluding carboxylic acids is 2. The fourth-order valence-corrected chi connectivity index (χ4v) is 7.02. The largest absolute Gasteiger partial charge is 0.452 e. The Balaban J connectivity index is 1.56. The molecule has 0 saturated carbocycles. The lowest BCUT2D eigenvalue weighted by molar-refractivity contribution is -0.125. The molecule has 1 amide bonds. The lowest BCUT2D eigenvalue weighted by Crippen LogP contribution is -2.48. The first-order valence-electron chi connectivity index (χ1n) is 8.97. The summed E-state index contributed by atoms with van der Waals surface area (Å²) in [5.74, 6) is -0.595. The molecular formula is C19H22N2O5S3. The number of hydrogen-bond donors (Lipinski definition) is 1. The minimum absolute atomic E-state index is 0.0488. The smallest absolute Gasteiger partial charge is 0.338 e. The van der Waals surface area contributed by atoms with E-state index in [1.165, 1.54) is 11.8 Å². The second-order valence-electron chi connectivity index (χ2n) is 7.23. The highest BCUT2D eigenvalue weighted by molar-refractivity contribution is 8.00. The Bertz CT molecular complexity index is 1020. The lowest BCUT2D eigenvalue weighted by atomic mass is 10.0. The van der Waals surface area contributed by atoms with Crippen molar-refractivity contribution in [1.82, 2.24) is 10.3 Å². The van der Waals surface area contributed by atoms with E-state index in [1.54, 1.807) is 30.4 Å². The Labute approximate surface area is 178 Å². The normalized spacial score (nSPS) is 20.3. The molecule has 1 aromatic carbocycles. The van der Waals surface area contributed by atoms with Gasteiger partial charge in [-0.1, -0.05) is 30.0 Å². The molecule has 1 saturated heterocycles. The van der Waals surface area contributed by atoms with Crippen LogP contribution >= 0.6 is 23.1 Å². The van der Waals surface area contributed by atoms with Gasteiger partial charge in [-0.15, -0.1) is 11.3 Å². The summed E-state index contributed by atoms with van der Waals surface area (Å²) in [4.78, 5) is 29.0. The predicted octanol–water partition coefficient (Wildman–Crippen LogP) is 2.59. The maximum absolute atomic E-state index is 12.5. The van der Waals surface area contributed by atoms with E-state index in [9.17, 15) is 18.0 Å². The molecule has 1 aliphatic heterocycles. The third-order valence-electron chi connectivity index (χ3n) is 4.47. The van der Waals surface area contributed by atoms with Crippen LogP contribution < -0.4 is 5.32 Å². The van der Waals surface area contributed by atoms with Crippen LogP contribution in [0.2, 0.25) is 0 Å². The van der Waals surface area contributed by atoms with Gasteiger partial charge >= 0.3 is 5.97 Å². The average Bonchev–Trinajstić information content (AvgIpc) is 3.20. The fraction of sp³-hybridized carbons (Fsp3) is 0.421. The van der Waals surface area contributed by atoms with Crippen molar-refractivity contribution in [2.24, 2.45) is 0 Å². The molecule has 0 aliphatic carbocycles. The maximum Gasteiger partial charge on any atom is 0.338 e. The van der Waals surface area contributed by atoms with E-state index in [-0.39, 0.29) is 11.5 Å². The number of aryl methyl sites for hydroxylation is 1. The van der Waals surface area contributed by atoms with Crippen LogP contribution in [-0.4, -0.2) is 48.9 Å². The zero-order valence-electron chi connectivity index (χ0n) is 16.1. The van der Waals surface area contributed by atoms with Gasteiger partial charge < -0.3 is 10.1 Å². The number of ether oxygens (including phenoxy) is 1. The number of nitrogens with zero attached hydrogens (tertiary/aromatic N) is 1. The van der Waals surface area contributed by atoms with Crippen molar-refractivity contribution in [2.45, 2.75) is 35.9 Å². The fourth-order valence-electron chi connectivity index (χ4n) is 3.07. The van der Waals surface area contributed by atoms with E-state index in [4.69, 9.17) is 4.74 Å². The van der Waals surface area contributed by atoms with Crippen molar-refractivity contribution < 1.29 is 22.7 Å². The van der Waals surface area contributed by atoms with Crippen LogP contribution in [0.5, 0.6) is 0 Å². The monoisotopic (exact) mass is 454 g/mol. The number of aromatic nitrogens is 1. The number of amides is 1. The summed E-state index contributed by atoms with van der Waals surface area (Å²) in [5, 5.41) is 4.64. The number of hydrogen-bond acceptors (Lipinski definition) is 8. The van der Waals surface area contributed by atoms with Crippen LogP contribution in [0, 0.1) is 6.92 Å². The molecule has 10 heteroatoms. The van der Waals surface area contributed by atoms with Gasteiger partial charge in [0.15, 0.2) is 16.4 Å². The minimum Gasteiger partial charge on any atom is -0.452 e. The predicted molar refractivity (Wildman–Crippen MR) is 113 cm³/mol. The molecule has 2 aromatic rings. The molecule has 156 valence electrons. The molecule has 3 rings (SSSR count). The highest BCUT2D eigenvalue weighted by Crippen LogP contribution is 2.27. The Morgan fingerprint density at radius 3 is 2.76 bits per heavy atom. The van der Waals surface area contributed by atoms with E-state index in [0.717, 1.165) is 15.6 Å². The molecule has 1 unspecified atom stereocenters. The topological polar surface area (TPSA) is 102 Å². The molecule has 0 bridgehead atoms.